The highest BCUT2D eigenvalue weighted by Crippen LogP contribution is 2.31. The van der Waals surface area contributed by atoms with Gasteiger partial charge in [0, 0.05) is 12.4 Å². The quantitative estimate of drug-likeness (QED) is 0.800. The number of carbonyl (C=O) groups is 1. The summed E-state index contributed by atoms with van der Waals surface area (Å²) in [5.41, 5.74) is 0.410. The lowest BCUT2D eigenvalue weighted by Gasteiger charge is -2.23. The van der Waals surface area contributed by atoms with Crippen LogP contribution in [-0.4, -0.2) is 18.3 Å². The third-order valence-corrected chi connectivity index (χ3v) is 4.08. The van der Waals surface area contributed by atoms with Crippen molar-refractivity contribution < 1.29 is 4.79 Å². The van der Waals surface area contributed by atoms with Crippen molar-refractivity contribution >= 4 is 52.0 Å². The molecule has 2 nitrogen and oxygen atoms in total. The Morgan fingerprint density at radius 1 is 1.47 bits per heavy atom. The van der Waals surface area contributed by atoms with E-state index in [9.17, 15) is 4.79 Å². The number of halogens is 3. The average Bonchev–Trinajstić information content (AvgIpc) is 2.54. The van der Waals surface area contributed by atoms with Crippen molar-refractivity contribution in [3.05, 3.63) is 20.3 Å². The second-order valence-corrected chi connectivity index (χ2v) is 7.19. The van der Waals surface area contributed by atoms with Crippen molar-refractivity contribution in [2.45, 2.75) is 20.3 Å². The number of carbonyl (C=O) groups excluding carboxylic acids is 1. The monoisotopic (exact) mass is 313 g/mol. The van der Waals surface area contributed by atoms with Gasteiger partial charge < -0.3 is 5.32 Å². The first-order valence-corrected chi connectivity index (χ1v) is 7.25. The van der Waals surface area contributed by atoms with Crippen molar-refractivity contribution in [2.75, 3.05) is 12.4 Å². The summed E-state index contributed by atoms with van der Waals surface area (Å²) in [5.74, 6) is 0.384. The Morgan fingerprint density at radius 3 is 2.59 bits per heavy atom. The molecule has 6 heteroatoms. The zero-order valence-corrected chi connectivity index (χ0v) is 12.7. The smallest absolute Gasteiger partial charge is 0.253 e. The highest BCUT2D eigenvalue weighted by atomic mass is 35.5. The molecule has 0 radical (unpaired) electrons. The Kier molecular flexibility index (Phi) is 5.58. The summed E-state index contributed by atoms with van der Waals surface area (Å²) < 4.78 is 0.933. The summed E-state index contributed by atoms with van der Waals surface area (Å²) >= 11 is 18.6. The summed E-state index contributed by atoms with van der Waals surface area (Å²) in [4.78, 5) is 11.8. The summed E-state index contributed by atoms with van der Waals surface area (Å²) in [7, 11) is 0. The zero-order chi connectivity index (χ0) is 13.1. The van der Waals surface area contributed by atoms with Crippen molar-refractivity contribution in [2.24, 2.45) is 5.41 Å². The summed E-state index contributed by atoms with van der Waals surface area (Å²) in [6, 6.07) is 1.58. The fourth-order valence-corrected chi connectivity index (χ4v) is 3.22. The number of amides is 1. The molecule has 0 aromatic carbocycles. The normalized spacial score (nSPS) is 11.6. The second kappa shape index (κ2) is 6.28. The lowest BCUT2D eigenvalue weighted by Crippen LogP contribution is -2.34. The SMILES string of the molecule is CC(C)(CCCl)CNC(=O)c1cc(Cl)sc1Cl. The van der Waals surface area contributed by atoms with E-state index in [0.717, 1.165) is 6.42 Å². The van der Waals surface area contributed by atoms with Crippen LogP contribution in [0.25, 0.3) is 0 Å². The van der Waals surface area contributed by atoms with Crippen LogP contribution in [0.15, 0.2) is 6.07 Å². The van der Waals surface area contributed by atoms with Gasteiger partial charge >= 0.3 is 0 Å². The molecule has 1 aromatic rings. The van der Waals surface area contributed by atoms with E-state index in [2.05, 4.69) is 19.2 Å². The standard InChI is InChI=1S/C11H14Cl3NOS/c1-11(2,3-4-12)6-15-10(16)7-5-8(13)17-9(7)14/h5H,3-4,6H2,1-2H3,(H,15,16). The van der Waals surface area contributed by atoms with E-state index in [1.165, 1.54) is 11.3 Å². The highest BCUT2D eigenvalue weighted by molar-refractivity contribution is 7.20. The molecule has 0 bridgehead atoms. The zero-order valence-electron chi connectivity index (χ0n) is 9.65. The molecular formula is C11H14Cl3NOS. The van der Waals surface area contributed by atoms with Gasteiger partial charge in [-0.1, -0.05) is 37.0 Å². The van der Waals surface area contributed by atoms with E-state index in [1.54, 1.807) is 6.07 Å². The Balaban J connectivity index is 2.59. The van der Waals surface area contributed by atoms with Crippen LogP contribution in [0.1, 0.15) is 30.6 Å². The van der Waals surface area contributed by atoms with Gasteiger partial charge in [0.2, 0.25) is 0 Å². The van der Waals surface area contributed by atoms with Crippen LogP contribution in [0.2, 0.25) is 8.67 Å². The molecule has 0 atom stereocenters. The van der Waals surface area contributed by atoms with Crippen molar-refractivity contribution in [1.29, 1.82) is 0 Å². The molecule has 0 saturated carbocycles. The van der Waals surface area contributed by atoms with Gasteiger partial charge in [-0.05, 0) is 17.9 Å². The highest BCUT2D eigenvalue weighted by Gasteiger charge is 2.20. The molecule has 1 rings (SSSR count). The molecule has 0 fully saturated rings. The molecule has 1 aromatic heterocycles. The van der Waals surface area contributed by atoms with E-state index in [1.807, 2.05) is 0 Å². The van der Waals surface area contributed by atoms with Gasteiger partial charge in [-0.2, -0.15) is 0 Å². The lowest BCUT2D eigenvalue weighted by molar-refractivity contribution is 0.0936. The summed E-state index contributed by atoms with van der Waals surface area (Å²) in [6.07, 6.45) is 0.840. The fraction of sp³-hybridized carbons (Fsp3) is 0.545. The van der Waals surface area contributed by atoms with Crippen LogP contribution in [0, 0.1) is 5.41 Å². The average molecular weight is 315 g/mol. The van der Waals surface area contributed by atoms with Crippen LogP contribution in [0.3, 0.4) is 0 Å². The number of rotatable bonds is 5. The predicted octanol–water partition coefficient (Wildman–Crippen LogP) is 4.44. The van der Waals surface area contributed by atoms with Gasteiger partial charge in [-0.15, -0.1) is 22.9 Å². The van der Waals surface area contributed by atoms with Gasteiger partial charge in [0.25, 0.3) is 5.91 Å². The van der Waals surface area contributed by atoms with E-state index in [4.69, 9.17) is 34.8 Å². The van der Waals surface area contributed by atoms with Gasteiger partial charge in [-0.3, -0.25) is 4.79 Å². The Morgan fingerprint density at radius 2 is 2.12 bits per heavy atom. The minimum Gasteiger partial charge on any atom is -0.351 e. The molecule has 17 heavy (non-hydrogen) atoms. The molecule has 0 unspecified atom stereocenters. The minimum atomic E-state index is -0.194. The van der Waals surface area contributed by atoms with Crippen molar-refractivity contribution in [3.63, 3.8) is 0 Å². The maximum absolute atomic E-state index is 11.8. The van der Waals surface area contributed by atoms with Gasteiger partial charge in [-0.25, -0.2) is 0 Å². The molecule has 0 spiro atoms. The number of alkyl halides is 1. The van der Waals surface area contributed by atoms with Crippen LogP contribution in [0.4, 0.5) is 0 Å². The third kappa shape index (κ3) is 4.66. The maximum Gasteiger partial charge on any atom is 0.253 e. The molecule has 0 aliphatic heterocycles. The Bertz CT molecular complexity index is 403. The van der Waals surface area contributed by atoms with Crippen molar-refractivity contribution in [3.8, 4) is 0 Å². The molecular weight excluding hydrogens is 301 g/mol. The lowest BCUT2D eigenvalue weighted by atomic mass is 9.90. The molecule has 1 heterocycles. The van der Waals surface area contributed by atoms with Crippen molar-refractivity contribution in [1.82, 2.24) is 5.32 Å². The number of hydrogen-bond donors (Lipinski definition) is 1. The molecule has 1 N–H and O–H groups in total. The third-order valence-electron chi connectivity index (χ3n) is 2.40. The van der Waals surface area contributed by atoms with Crippen LogP contribution in [0.5, 0.6) is 0 Å². The van der Waals surface area contributed by atoms with Gasteiger partial charge in [0.05, 0.1) is 9.90 Å². The van der Waals surface area contributed by atoms with E-state index >= 15 is 0 Å². The first kappa shape index (κ1) is 15.1. The van der Waals surface area contributed by atoms with E-state index in [0.29, 0.717) is 26.7 Å². The van der Waals surface area contributed by atoms with Gasteiger partial charge in [0.15, 0.2) is 0 Å². The largest absolute Gasteiger partial charge is 0.351 e. The van der Waals surface area contributed by atoms with Gasteiger partial charge in [0.1, 0.15) is 4.34 Å². The predicted molar refractivity (Wildman–Crippen MR) is 75.8 cm³/mol. The first-order chi connectivity index (χ1) is 7.85. The van der Waals surface area contributed by atoms with E-state index < -0.39 is 0 Å². The molecule has 1 amide bonds. The fourth-order valence-electron chi connectivity index (χ4n) is 1.25. The Labute approximate surface area is 120 Å². The van der Waals surface area contributed by atoms with Crippen LogP contribution in [-0.2, 0) is 0 Å². The van der Waals surface area contributed by atoms with E-state index in [-0.39, 0.29) is 11.3 Å². The number of hydrogen-bond acceptors (Lipinski definition) is 2. The Hall–Kier alpha value is 0.0400. The molecule has 0 aliphatic carbocycles. The number of thiophene rings is 1. The van der Waals surface area contributed by atoms with Crippen LogP contribution < -0.4 is 5.32 Å². The topological polar surface area (TPSA) is 29.1 Å². The minimum absolute atomic E-state index is 0.0241. The molecule has 0 aliphatic rings. The maximum atomic E-state index is 11.8. The number of nitrogens with one attached hydrogen (secondary N) is 1. The molecule has 0 saturated heterocycles. The first-order valence-electron chi connectivity index (χ1n) is 5.15. The summed E-state index contributed by atoms with van der Waals surface area (Å²) in [5, 5.41) is 2.84. The second-order valence-electron chi connectivity index (χ2n) is 4.52. The molecule has 96 valence electrons. The van der Waals surface area contributed by atoms with Crippen LogP contribution >= 0.6 is 46.1 Å². The summed E-state index contributed by atoms with van der Waals surface area (Å²) in [6.45, 7) is 4.66.